The van der Waals surface area contributed by atoms with Crippen LogP contribution in [0.1, 0.15) is 44.7 Å². The number of nitrogens with one attached hydrogen (secondary N) is 3. The first-order valence-corrected chi connectivity index (χ1v) is 8.91. The van der Waals surface area contributed by atoms with E-state index in [4.69, 9.17) is 5.73 Å². The van der Waals surface area contributed by atoms with Crippen LogP contribution in [0.5, 0.6) is 0 Å². The van der Waals surface area contributed by atoms with Gasteiger partial charge in [-0.05, 0) is 38.2 Å². The van der Waals surface area contributed by atoms with Crippen LogP contribution in [0.15, 0.2) is 24.3 Å². The Bertz CT molecular complexity index is 547. The highest BCUT2D eigenvalue weighted by atomic mass is 35.5. The first-order chi connectivity index (χ1) is 11.8. The molecule has 26 heavy (non-hydrogen) atoms. The zero-order valence-electron chi connectivity index (χ0n) is 16.2. The van der Waals surface area contributed by atoms with Gasteiger partial charge in [0.2, 0.25) is 5.91 Å². The summed E-state index contributed by atoms with van der Waals surface area (Å²) < 4.78 is 0. The van der Waals surface area contributed by atoms with Crippen molar-refractivity contribution in [2.24, 2.45) is 11.7 Å². The van der Waals surface area contributed by atoms with E-state index < -0.39 is 6.04 Å². The van der Waals surface area contributed by atoms with Crippen LogP contribution in [0.2, 0.25) is 0 Å². The summed E-state index contributed by atoms with van der Waals surface area (Å²) >= 11 is 0. The average Bonchev–Trinajstić information content (AvgIpc) is 2.53. The van der Waals surface area contributed by atoms with Crippen LogP contribution in [0.4, 0.5) is 4.79 Å². The summed E-state index contributed by atoms with van der Waals surface area (Å²) in [7, 11) is 0. The molecule has 2 unspecified atom stereocenters. The fourth-order valence-electron chi connectivity index (χ4n) is 2.35. The number of hydrogen-bond acceptors (Lipinski definition) is 3. The van der Waals surface area contributed by atoms with Gasteiger partial charge in [-0.25, -0.2) is 4.79 Å². The molecule has 0 aromatic heterocycles. The van der Waals surface area contributed by atoms with Gasteiger partial charge in [-0.2, -0.15) is 0 Å². The Labute approximate surface area is 163 Å². The van der Waals surface area contributed by atoms with Crippen molar-refractivity contribution in [2.75, 3.05) is 6.54 Å². The van der Waals surface area contributed by atoms with E-state index in [9.17, 15) is 9.59 Å². The van der Waals surface area contributed by atoms with Gasteiger partial charge in [-0.3, -0.25) is 4.79 Å². The van der Waals surface area contributed by atoms with Gasteiger partial charge in [0.1, 0.15) is 6.04 Å². The van der Waals surface area contributed by atoms with Crippen LogP contribution < -0.4 is 21.7 Å². The number of carbonyl (C=O) groups is 2. The molecule has 0 saturated heterocycles. The molecule has 148 valence electrons. The summed E-state index contributed by atoms with van der Waals surface area (Å²) in [5.74, 6) is 0.126. The Morgan fingerprint density at radius 2 is 1.69 bits per heavy atom. The van der Waals surface area contributed by atoms with Crippen molar-refractivity contribution in [1.82, 2.24) is 16.0 Å². The smallest absolute Gasteiger partial charge is 0.315 e. The summed E-state index contributed by atoms with van der Waals surface area (Å²) in [6.45, 7) is 8.89. The molecule has 7 heteroatoms. The molecule has 1 rings (SSSR count). The minimum Gasteiger partial charge on any atom is -0.354 e. The lowest BCUT2D eigenvalue weighted by molar-refractivity contribution is -0.123. The first kappa shape index (κ1) is 24.2. The molecule has 2 atom stereocenters. The predicted octanol–water partition coefficient (Wildman–Crippen LogP) is 2.48. The monoisotopic (exact) mass is 384 g/mol. The Balaban J connectivity index is 0.00000625. The highest BCUT2D eigenvalue weighted by Gasteiger charge is 2.21. The van der Waals surface area contributed by atoms with Crippen molar-refractivity contribution in [2.45, 2.75) is 59.2 Å². The van der Waals surface area contributed by atoms with Crippen LogP contribution in [0.3, 0.4) is 0 Å². The molecule has 0 aliphatic carbocycles. The predicted molar refractivity (Wildman–Crippen MR) is 108 cm³/mol. The number of rotatable bonds is 9. The molecule has 0 aliphatic rings. The highest BCUT2D eigenvalue weighted by molar-refractivity contribution is 5.87. The maximum absolute atomic E-state index is 12.3. The number of benzene rings is 1. The number of carbonyl (C=O) groups excluding carboxylic acids is 2. The van der Waals surface area contributed by atoms with Gasteiger partial charge in [-0.15, -0.1) is 12.4 Å². The highest BCUT2D eigenvalue weighted by Crippen LogP contribution is 2.06. The number of nitrogens with two attached hydrogens (primary N) is 1. The normalized spacial score (nSPS) is 12.7. The second kappa shape index (κ2) is 12.5. The van der Waals surface area contributed by atoms with Crippen LogP contribution in [0.25, 0.3) is 0 Å². The molecule has 0 heterocycles. The second-order valence-corrected chi connectivity index (χ2v) is 7.05. The number of halogens is 1. The van der Waals surface area contributed by atoms with Gasteiger partial charge in [0.05, 0.1) is 0 Å². The van der Waals surface area contributed by atoms with Gasteiger partial charge in [0.15, 0.2) is 0 Å². The van der Waals surface area contributed by atoms with Crippen LogP contribution >= 0.6 is 12.4 Å². The molecule has 5 N–H and O–H groups in total. The van der Waals surface area contributed by atoms with E-state index in [0.717, 1.165) is 5.56 Å². The summed E-state index contributed by atoms with van der Waals surface area (Å²) in [5.41, 5.74) is 7.88. The first-order valence-electron chi connectivity index (χ1n) is 8.91. The summed E-state index contributed by atoms with van der Waals surface area (Å²) in [6, 6.07) is 7.10. The van der Waals surface area contributed by atoms with E-state index >= 15 is 0 Å². The van der Waals surface area contributed by atoms with Gasteiger partial charge < -0.3 is 21.7 Å². The van der Waals surface area contributed by atoms with Gasteiger partial charge in [0.25, 0.3) is 0 Å². The zero-order chi connectivity index (χ0) is 18.8. The lowest BCUT2D eigenvalue weighted by Crippen LogP contribution is -2.50. The molecular formula is C19H33ClN4O2. The van der Waals surface area contributed by atoms with Gasteiger partial charge >= 0.3 is 6.03 Å². The van der Waals surface area contributed by atoms with E-state index in [2.05, 4.69) is 16.0 Å². The number of amides is 3. The van der Waals surface area contributed by atoms with Gasteiger partial charge in [-0.1, -0.05) is 43.7 Å². The maximum atomic E-state index is 12.3. The van der Waals surface area contributed by atoms with Crippen molar-refractivity contribution in [3.63, 3.8) is 0 Å². The van der Waals surface area contributed by atoms with Crippen molar-refractivity contribution >= 4 is 24.3 Å². The molecule has 0 saturated carbocycles. The molecule has 0 bridgehead atoms. The van der Waals surface area contributed by atoms with E-state index in [1.807, 2.05) is 52.0 Å². The van der Waals surface area contributed by atoms with E-state index in [0.29, 0.717) is 31.8 Å². The van der Waals surface area contributed by atoms with E-state index in [1.54, 1.807) is 0 Å². The van der Waals surface area contributed by atoms with E-state index in [1.165, 1.54) is 5.56 Å². The van der Waals surface area contributed by atoms with Crippen molar-refractivity contribution in [1.29, 1.82) is 0 Å². The standard InChI is InChI=1S/C19H32N4O2.ClH/c1-13(2)11-17(18(24)21-10-9-15(4)20)23-19(25)22-12-16-7-5-14(3)6-8-16;/h5-8,13,15,17H,9-12,20H2,1-4H3,(H,21,24)(H2,22,23,25);1H. The summed E-state index contributed by atoms with van der Waals surface area (Å²) in [5, 5.41) is 8.42. The minimum atomic E-state index is -0.550. The van der Waals surface area contributed by atoms with Crippen LogP contribution in [-0.4, -0.2) is 30.6 Å². The third kappa shape index (κ3) is 10.3. The Kier molecular flexibility index (Phi) is 11.7. The molecule has 6 nitrogen and oxygen atoms in total. The molecule has 0 aliphatic heterocycles. The number of hydrogen-bond donors (Lipinski definition) is 4. The van der Waals surface area contributed by atoms with Crippen LogP contribution in [0, 0.1) is 12.8 Å². The Morgan fingerprint density at radius 1 is 1.08 bits per heavy atom. The topological polar surface area (TPSA) is 96.2 Å². The molecule has 0 radical (unpaired) electrons. The molecule has 1 aromatic carbocycles. The fourth-order valence-corrected chi connectivity index (χ4v) is 2.35. The molecule has 0 fully saturated rings. The minimum absolute atomic E-state index is 0. The quantitative estimate of drug-likeness (QED) is 0.526. The number of aryl methyl sites for hydroxylation is 1. The van der Waals surface area contributed by atoms with Gasteiger partial charge in [0, 0.05) is 19.1 Å². The van der Waals surface area contributed by atoms with Crippen molar-refractivity contribution in [3.8, 4) is 0 Å². The lowest BCUT2D eigenvalue weighted by atomic mass is 10.0. The SMILES string of the molecule is Cc1ccc(CNC(=O)NC(CC(C)C)C(=O)NCCC(C)N)cc1.Cl. The third-order valence-electron chi connectivity index (χ3n) is 3.80. The molecule has 1 aromatic rings. The number of urea groups is 1. The second-order valence-electron chi connectivity index (χ2n) is 7.05. The largest absolute Gasteiger partial charge is 0.354 e. The maximum Gasteiger partial charge on any atom is 0.315 e. The fraction of sp³-hybridized carbons (Fsp3) is 0.579. The molecule has 3 amide bonds. The van der Waals surface area contributed by atoms with Crippen molar-refractivity contribution < 1.29 is 9.59 Å². The zero-order valence-corrected chi connectivity index (χ0v) is 17.0. The lowest BCUT2D eigenvalue weighted by Gasteiger charge is -2.21. The summed E-state index contributed by atoms with van der Waals surface area (Å²) in [6.07, 6.45) is 1.29. The third-order valence-corrected chi connectivity index (χ3v) is 3.80. The molecule has 0 spiro atoms. The van der Waals surface area contributed by atoms with Crippen LogP contribution in [-0.2, 0) is 11.3 Å². The average molecular weight is 385 g/mol. The Morgan fingerprint density at radius 3 is 2.23 bits per heavy atom. The van der Waals surface area contributed by atoms with Crippen molar-refractivity contribution in [3.05, 3.63) is 35.4 Å². The molecular weight excluding hydrogens is 352 g/mol. The van der Waals surface area contributed by atoms with E-state index in [-0.39, 0.29) is 30.4 Å². The summed E-state index contributed by atoms with van der Waals surface area (Å²) in [4.78, 5) is 24.5. The Hall–Kier alpha value is -1.79.